The highest BCUT2D eigenvalue weighted by molar-refractivity contribution is 9.10. The molecule has 1 spiro atoms. The second kappa shape index (κ2) is 9.07. The molecule has 0 aromatic heterocycles. The van der Waals surface area contributed by atoms with Crippen LogP contribution in [0.1, 0.15) is 36.0 Å². The number of nitrogens with zero attached hydrogens (tertiary/aromatic N) is 2. The van der Waals surface area contributed by atoms with Gasteiger partial charge in [-0.25, -0.2) is 18.5 Å². The first-order valence-electron chi connectivity index (χ1n) is 11.5. The van der Waals surface area contributed by atoms with Crippen molar-refractivity contribution in [3.63, 3.8) is 0 Å². The Balaban J connectivity index is 1.43. The Kier molecular flexibility index (Phi) is 6.28. The van der Waals surface area contributed by atoms with Gasteiger partial charge in [0.2, 0.25) is 11.5 Å². The van der Waals surface area contributed by atoms with Crippen LogP contribution < -0.4 is 0 Å². The highest BCUT2D eigenvalue weighted by Crippen LogP contribution is 2.47. The molecule has 2 aromatic rings. The Bertz CT molecular complexity index is 1280. The van der Waals surface area contributed by atoms with Gasteiger partial charge in [0.25, 0.3) is 5.91 Å². The predicted octanol–water partition coefficient (Wildman–Crippen LogP) is 5.22. The molecule has 1 heterocycles. The van der Waals surface area contributed by atoms with Gasteiger partial charge in [0.1, 0.15) is 24.2 Å². The summed E-state index contributed by atoms with van der Waals surface area (Å²) in [5.74, 6) is -4.13. The van der Waals surface area contributed by atoms with E-state index in [1.54, 1.807) is 0 Å². The molecule has 1 aliphatic heterocycles. The van der Waals surface area contributed by atoms with Crippen LogP contribution in [0.3, 0.4) is 0 Å². The zero-order chi connectivity index (χ0) is 26.7. The summed E-state index contributed by atoms with van der Waals surface area (Å²) in [5, 5.41) is 0. The van der Waals surface area contributed by atoms with E-state index < -0.39 is 66.4 Å². The summed E-state index contributed by atoms with van der Waals surface area (Å²) in [6, 6.07) is 5.09. The van der Waals surface area contributed by atoms with Crippen LogP contribution in [0.25, 0.3) is 0 Å². The van der Waals surface area contributed by atoms with Crippen molar-refractivity contribution in [2.45, 2.75) is 50.0 Å². The van der Waals surface area contributed by atoms with Crippen molar-refractivity contribution in [1.29, 1.82) is 0 Å². The maximum absolute atomic E-state index is 14.3. The molecule has 1 unspecified atom stereocenters. The topological polar surface area (TPSA) is 66.9 Å². The molecule has 3 aliphatic rings. The van der Waals surface area contributed by atoms with Crippen LogP contribution in [0.15, 0.2) is 40.9 Å². The second-order valence-electron chi connectivity index (χ2n) is 9.48. The van der Waals surface area contributed by atoms with Gasteiger partial charge in [0, 0.05) is 18.5 Å². The lowest BCUT2D eigenvalue weighted by Gasteiger charge is -2.34. The normalized spacial score (nSPS) is 21.8. The lowest BCUT2D eigenvalue weighted by atomic mass is 9.95. The fourth-order valence-corrected chi connectivity index (χ4v) is 5.48. The molecule has 3 amide bonds. The molecule has 5 rings (SSSR count). The molecule has 0 bridgehead atoms. The molecule has 6 nitrogen and oxygen atoms in total. The van der Waals surface area contributed by atoms with E-state index in [4.69, 9.17) is 4.74 Å². The monoisotopic (exact) mass is 586 g/mol. The second-order valence-corrected chi connectivity index (χ2v) is 10.3. The molecule has 0 N–H and O–H groups in total. The summed E-state index contributed by atoms with van der Waals surface area (Å²) in [6.45, 7) is -1.47. The molecule has 0 radical (unpaired) electrons. The van der Waals surface area contributed by atoms with Gasteiger partial charge in [-0.2, -0.15) is 13.2 Å². The minimum Gasteiger partial charge on any atom is -0.427 e. The third-order valence-corrected chi connectivity index (χ3v) is 7.63. The van der Waals surface area contributed by atoms with E-state index in [9.17, 15) is 36.3 Å². The van der Waals surface area contributed by atoms with Crippen LogP contribution in [-0.4, -0.2) is 46.5 Å². The Morgan fingerprint density at radius 2 is 1.84 bits per heavy atom. The molecule has 12 heteroatoms. The smallest absolute Gasteiger partial charge is 0.418 e. The van der Waals surface area contributed by atoms with E-state index in [1.807, 2.05) is 0 Å². The molecule has 2 aromatic carbocycles. The maximum Gasteiger partial charge on any atom is 0.418 e. The predicted molar refractivity (Wildman–Crippen MR) is 122 cm³/mol. The lowest BCUT2D eigenvalue weighted by Crippen LogP contribution is -2.53. The quantitative estimate of drug-likeness (QED) is 0.435. The van der Waals surface area contributed by atoms with Crippen molar-refractivity contribution in [1.82, 2.24) is 9.80 Å². The average molecular weight is 587 g/mol. The Morgan fingerprint density at radius 3 is 2.46 bits per heavy atom. The SMILES string of the molecule is O=C1OC2(CCc3cc(Br)c(F)cc32)C(=O)N1CC(=O)N(Cc1ccc(F)cc1)[C@@H](C1CC1)C(F)(F)F. The molecular formula is C25H20BrF5N2O4. The van der Waals surface area contributed by atoms with Crippen molar-refractivity contribution in [2.75, 3.05) is 6.54 Å². The van der Waals surface area contributed by atoms with E-state index in [-0.39, 0.29) is 34.9 Å². The number of halogens is 6. The van der Waals surface area contributed by atoms with Crippen molar-refractivity contribution in [2.24, 2.45) is 5.92 Å². The van der Waals surface area contributed by atoms with E-state index in [1.165, 1.54) is 18.2 Å². The summed E-state index contributed by atoms with van der Waals surface area (Å²) in [6.07, 6.45) is -5.11. The molecule has 2 atom stereocenters. The number of ether oxygens (including phenoxy) is 1. The third-order valence-electron chi connectivity index (χ3n) is 7.02. The highest BCUT2D eigenvalue weighted by atomic mass is 79.9. The number of aryl methyl sites for hydroxylation is 1. The van der Waals surface area contributed by atoms with Gasteiger partial charge in [-0.1, -0.05) is 12.1 Å². The molecule has 37 heavy (non-hydrogen) atoms. The first-order valence-corrected chi connectivity index (χ1v) is 12.3. The average Bonchev–Trinajstić information content (AvgIpc) is 3.55. The summed E-state index contributed by atoms with van der Waals surface area (Å²) in [7, 11) is 0. The molecule has 2 aliphatic carbocycles. The number of carbonyl (C=O) groups excluding carboxylic acids is 3. The third kappa shape index (κ3) is 4.60. The lowest BCUT2D eigenvalue weighted by molar-refractivity contribution is -0.196. The van der Waals surface area contributed by atoms with Gasteiger partial charge in [0.15, 0.2) is 0 Å². The van der Waals surface area contributed by atoms with E-state index in [2.05, 4.69) is 15.9 Å². The van der Waals surface area contributed by atoms with E-state index in [0.29, 0.717) is 21.8 Å². The number of carbonyl (C=O) groups is 3. The van der Waals surface area contributed by atoms with Crippen LogP contribution in [0.5, 0.6) is 0 Å². The summed E-state index contributed by atoms with van der Waals surface area (Å²) in [5.41, 5.74) is -0.861. The van der Waals surface area contributed by atoms with Gasteiger partial charge in [-0.05, 0) is 76.5 Å². The van der Waals surface area contributed by atoms with Gasteiger partial charge in [-0.3, -0.25) is 9.59 Å². The molecule has 196 valence electrons. The first kappa shape index (κ1) is 25.6. The zero-order valence-electron chi connectivity index (χ0n) is 19.2. The number of hydrogen-bond acceptors (Lipinski definition) is 4. The standard InChI is InChI=1S/C25H20BrF5N2O4/c26-18-9-15-7-8-24(17(15)10-19(18)28)22(35)33(23(36)37-24)12-20(34)32(11-13-1-5-16(27)6-2-13)21(14-3-4-14)25(29,30)31/h1-2,5-6,9-10,14,21H,3-4,7-8,11-12H2/t21-,24?/m0/s1. The number of benzene rings is 2. The van der Waals surface area contributed by atoms with E-state index >= 15 is 0 Å². The van der Waals surface area contributed by atoms with Crippen molar-refractivity contribution in [3.05, 3.63) is 69.2 Å². The van der Waals surface area contributed by atoms with Crippen molar-refractivity contribution < 1.29 is 41.1 Å². The fraction of sp³-hybridized carbons (Fsp3) is 0.400. The van der Waals surface area contributed by atoms with Crippen LogP contribution in [-0.2, 0) is 32.9 Å². The van der Waals surface area contributed by atoms with Gasteiger partial charge in [-0.15, -0.1) is 0 Å². The minimum atomic E-state index is -4.76. The largest absolute Gasteiger partial charge is 0.427 e. The van der Waals surface area contributed by atoms with Gasteiger partial charge in [0.05, 0.1) is 4.47 Å². The highest BCUT2D eigenvalue weighted by Gasteiger charge is 2.59. The molecule has 1 saturated heterocycles. The van der Waals surface area contributed by atoms with Crippen LogP contribution >= 0.6 is 15.9 Å². The summed E-state index contributed by atoms with van der Waals surface area (Å²) in [4.78, 5) is 40.5. The van der Waals surface area contributed by atoms with Gasteiger partial charge < -0.3 is 9.64 Å². The number of rotatable bonds is 6. The van der Waals surface area contributed by atoms with Crippen LogP contribution in [0.2, 0.25) is 0 Å². The van der Waals surface area contributed by atoms with E-state index in [0.717, 1.165) is 18.2 Å². The Morgan fingerprint density at radius 1 is 1.16 bits per heavy atom. The first-order chi connectivity index (χ1) is 17.4. The van der Waals surface area contributed by atoms with Crippen LogP contribution in [0, 0.1) is 17.6 Å². The zero-order valence-corrected chi connectivity index (χ0v) is 20.7. The fourth-order valence-electron chi connectivity index (χ4n) is 5.09. The number of alkyl halides is 3. The summed E-state index contributed by atoms with van der Waals surface area (Å²) < 4.78 is 75.3. The van der Waals surface area contributed by atoms with Crippen molar-refractivity contribution in [3.8, 4) is 0 Å². The van der Waals surface area contributed by atoms with Gasteiger partial charge >= 0.3 is 12.3 Å². The Hall–Kier alpha value is -3.02. The van der Waals surface area contributed by atoms with Crippen molar-refractivity contribution >= 4 is 33.8 Å². The number of hydrogen-bond donors (Lipinski definition) is 0. The minimum absolute atomic E-state index is 0.0139. The Labute approximate surface area is 216 Å². The number of imide groups is 1. The molecule has 1 saturated carbocycles. The molecule has 2 fully saturated rings. The number of fused-ring (bicyclic) bond motifs is 2. The summed E-state index contributed by atoms with van der Waals surface area (Å²) >= 11 is 3.07. The maximum atomic E-state index is 14.3. The number of amides is 3. The van der Waals surface area contributed by atoms with Crippen LogP contribution in [0.4, 0.5) is 26.7 Å². The molecular weight excluding hydrogens is 567 g/mol.